The Morgan fingerprint density at radius 3 is 2.35 bits per heavy atom. The van der Waals surface area contributed by atoms with Crippen molar-refractivity contribution in [1.29, 1.82) is 0 Å². The van der Waals surface area contributed by atoms with Gasteiger partial charge >= 0.3 is 0 Å². The van der Waals surface area contributed by atoms with Gasteiger partial charge in [0.1, 0.15) is 12.4 Å². The van der Waals surface area contributed by atoms with Crippen molar-refractivity contribution in [2.24, 2.45) is 0 Å². The molecule has 0 spiro atoms. The van der Waals surface area contributed by atoms with Gasteiger partial charge in [0.2, 0.25) is 0 Å². The van der Waals surface area contributed by atoms with Gasteiger partial charge in [0.15, 0.2) is 17.3 Å². The number of nitrogens with zero attached hydrogens (tertiary/aromatic N) is 1. The Kier molecular flexibility index (Phi) is 5.59. The molecule has 2 aromatic carbocycles. The summed E-state index contributed by atoms with van der Waals surface area (Å²) in [5, 5.41) is 0. The van der Waals surface area contributed by atoms with Gasteiger partial charge in [-0.3, -0.25) is 4.79 Å². The lowest BCUT2D eigenvalue weighted by molar-refractivity contribution is 0.0957. The Hall–Kier alpha value is -3.21. The monoisotopic (exact) mass is 351 g/mol. The summed E-state index contributed by atoms with van der Waals surface area (Å²) in [6.07, 6.45) is 0. The molecule has 1 amide bonds. The number of ether oxygens (including phenoxy) is 2. The van der Waals surface area contributed by atoms with E-state index < -0.39 is 0 Å². The Balaban J connectivity index is 1.70. The topological polar surface area (TPSA) is 51.9 Å². The lowest BCUT2D eigenvalue weighted by Crippen LogP contribution is -2.30. The van der Waals surface area contributed by atoms with E-state index in [-0.39, 0.29) is 18.3 Å². The van der Waals surface area contributed by atoms with Gasteiger partial charge < -0.3 is 18.8 Å². The van der Waals surface area contributed by atoms with Crippen LogP contribution >= 0.6 is 0 Å². The molecule has 5 nitrogen and oxygen atoms in total. The molecule has 3 rings (SSSR count). The first-order valence-electron chi connectivity index (χ1n) is 8.44. The number of hydrogen-bond acceptors (Lipinski definition) is 4. The summed E-state index contributed by atoms with van der Waals surface area (Å²) in [5.41, 5.74) is 0.836. The van der Waals surface area contributed by atoms with Gasteiger partial charge in [-0.1, -0.05) is 30.3 Å². The summed E-state index contributed by atoms with van der Waals surface area (Å²) >= 11 is 0. The fourth-order valence-corrected chi connectivity index (χ4v) is 2.64. The van der Waals surface area contributed by atoms with Crippen LogP contribution in [-0.2, 0) is 6.61 Å². The minimum atomic E-state index is -0.178. The summed E-state index contributed by atoms with van der Waals surface area (Å²) in [6, 6.07) is 20.3. The van der Waals surface area contributed by atoms with E-state index in [0.717, 1.165) is 5.69 Å². The summed E-state index contributed by atoms with van der Waals surface area (Å²) in [5.74, 6) is 1.95. The van der Waals surface area contributed by atoms with E-state index in [1.165, 1.54) is 0 Å². The van der Waals surface area contributed by atoms with Crippen molar-refractivity contribution < 1.29 is 18.7 Å². The maximum absolute atomic E-state index is 12.7. The highest BCUT2D eigenvalue weighted by molar-refractivity contribution is 6.04. The first-order valence-corrected chi connectivity index (χ1v) is 8.44. The van der Waals surface area contributed by atoms with Crippen LogP contribution in [0.2, 0.25) is 0 Å². The number of methoxy groups -OCH3 is 1. The molecule has 5 heteroatoms. The van der Waals surface area contributed by atoms with Crippen molar-refractivity contribution >= 4 is 11.6 Å². The molecule has 0 aliphatic rings. The number of carbonyl (C=O) groups is 1. The van der Waals surface area contributed by atoms with Gasteiger partial charge in [0.25, 0.3) is 5.91 Å². The van der Waals surface area contributed by atoms with Crippen LogP contribution in [0.4, 0.5) is 5.69 Å². The molecule has 0 radical (unpaired) electrons. The van der Waals surface area contributed by atoms with Gasteiger partial charge in [-0.05, 0) is 43.3 Å². The normalized spacial score (nSPS) is 10.4. The molecule has 0 bridgehead atoms. The van der Waals surface area contributed by atoms with Crippen LogP contribution in [0.15, 0.2) is 71.1 Å². The van der Waals surface area contributed by atoms with E-state index in [9.17, 15) is 4.79 Å². The quantitative estimate of drug-likeness (QED) is 0.627. The highest BCUT2D eigenvalue weighted by atomic mass is 16.5. The fraction of sp³-hybridized carbons (Fsp3) is 0.190. The highest BCUT2D eigenvalue weighted by Crippen LogP contribution is 2.27. The average molecular weight is 351 g/mol. The standard InChI is InChI=1S/C21H21NO4/c1-3-22(16-9-5-4-6-10-16)21(23)20-14-13-17(26-20)15-25-19-12-8-7-11-18(19)24-2/h4-14H,3,15H2,1-2H3. The summed E-state index contributed by atoms with van der Waals surface area (Å²) in [7, 11) is 1.59. The molecule has 0 aliphatic heterocycles. The maximum atomic E-state index is 12.7. The molecule has 134 valence electrons. The zero-order valence-corrected chi connectivity index (χ0v) is 14.8. The highest BCUT2D eigenvalue weighted by Gasteiger charge is 2.19. The predicted octanol–water partition coefficient (Wildman–Crippen LogP) is 4.53. The third-order valence-corrected chi connectivity index (χ3v) is 3.94. The number of para-hydroxylation sites is 3. The second-order valence-electron chi connectivity index (χ2n) is 5.59. The number of benzene rings is 2. The smallest absolute Gasteiger partial charge is 0.293 e. The minimum Gasteiger partial charge on any atom is -0.493 e. The summed E-state index contributed by atoms with van der Waals surface area (Å²) in [4.78, 5) is 14.4. The van der Waals surface area contributed by atoms with Crippen molar-refractivity contribution in [3.8, 4) is 11.5 Å². The fourth-order valence-electron chi connectivity index (χ4n) is 2.64. The average Bonchev–Trinajstić information content (AvgIpc) is 3.17. The van der Waals surface area contributed by atoms with Gasteiger partial charge in [0.05, 0.1) is 7.11 Å². The summed E-state index contributed by atoms with van der Waals surface area (Å²) < 4.78 is 16.7. The van der Waals surface area contributed by atoms with Crippen LogP contribution < -0.4 is 14.4 Å². The van der Waals surface area contributed by atoms with Gasteiger partial charge in [0, 0.05) is 12.2 Å². The Morgan fingerprint density at radius 2 is 1.65 bits per heavy atom. The van der Waals surface area contributed by atoms with Crippen LogP contribution in [0.25, 0.3) is 0 Å². The lowest BCUT2D eigenvalue weighted by atomic mass is 10.2. The first kappa shape index (κ1) is 17.6. The molecule has 0 saturated carbocycles. The van der Waals surface area contributed by atoms with Crippen molar-refractivity contribution in [2.45, 2.75) is 13.5 Å². The molecule has 0 N–H and O–H groups in total. The molecule has 0 saturated heterocycles. The number of furan rings is 1. The molecule has 0 atom stereocenters. The van der Waals surface area contributed by atoms with E-state index in [1.807, 2.05) is 61.5 Å². The van der Waals surface area contributed by atoms with Crippen LogP contribution in [0.1, 0.15) is 23.2 Å². The van der Waals surface area contributed by atoms with Gasteiger partial charge in [-0.2, -0.15) is 0 Å². The van der Waals surface area contributed by atoms with E-state index in [1.54, 1.807) is 24.1 Å². The number of anilines is 1. The zero-order chi connectivity index (χ0) is 18.4. The van der Waals surface area contributed by atoms with Crippen molar-refractivity contribution in [1.82, 2.24) is 0 Å². The number of rotatable bonds is 7. The lowest BCUT2D eigenvalue weighted by Gasteiger charge is -2.19. The van der Waals surface area contributed by atoms with E-state index in [4.69, 9.17) is 13.9 Å². The second-order valence-corrected chi connectivity index (χ2v) is 5.59. The molecular weight excluding hydrogens is 330 g/mol. The van der Waals surface area contributed by atoms with E-state index >= 15 is 0 Å². The second kappa shape index (κ2) is 8.25. The van der Waals surface area contributed by atoms with Crippen molar-refractivity contribution in [3.05, 3.63) is 78.3 Å². The molecule has 0 unspecified atom stereocenters. The zero-order valence-electron chi connectivity index (χ0n) is 14.8. The molecular formula is C21H21NO4. The molecule has 1 heterocycles. The predicted molar refractivity (Wildman–Crippen MR) is 99.8 cm³/mol. The molecule has 0 fully saturated rings. The van der Waals surface area contributed by atoms with Crippen LogP contribution in [0.3, 0.4) is 0 Å². The first-order chi connectivity index (χ1) is 12.7. The molecule has 26 heavy (non-hydrogen) atoms. The van der Waals surface area contributed by atoms with Crippen LogP contribution in [-0.4, -0.2) is 19.6 Å². The molecule has 1 aromatic heterocycles. The largest absolute Gasteiger partial charge is 0.493 e. The minimum absolute atomic E-state index is 0.178. The number of carbonyl (C=O) groups excluding carboxylic acids is 1. The Morgan fingerprint density at radius 1 is 0.962 bits per heavy atom. The van der Waals surface area contributed by atoms with Gasteiger partial charge in [-0.25, -0.2) is 0 Å². The van der Waals surface area contributed by atoms with Crippen LogP contribution in [0.5, 0.6) is 11.5 Å². The third kappa shape index (κ3) is 3.88. The summed E-state index contributed by atoms with van der Waals surface area (Å²) in [6.45, 7) is 2.70. The SMILES string of the molecule is CCN(C(=O)c1ccc(COc2ccccc2OC)o1)c1ccccc1. The van der Waals surface area contributed by atoms with Crippen molar-refractivity contribution in [2.75, 3.05) is 18.6 Å². The van der Waals surface area contributed by atoms with Crippen molar-refractivity contribution in [3.63, 3.8) is 0 Å². The van der Waals surface area contributed by atoms with Crippen LogP contribution in [0, 0.1) is 0 Å². The Bertz CT molecular complexity index is 857. The third-order valence-electron chi connectivity index (χ3n) is 3.94. The Labute approximate surface area is 152 Å². The van der Waals surface area contributed by atoms with Gasteiger partial charge in [-0.15, -0.1) is 0 Å². The van der Waals surface area contributed by atoms with E-state index in [0.29, 0.717) is 23.8 Å². The molecule has 0 aliphatic carbocycles. The number of hydrogen-bond donors (Lipinski definition) is 0. The maximum Gasteiger partial charge on any atom is 0.293 e. The molecule has 3 aromatic rings. The number of amides is 1. The van der Waals surface area contributed by atoms with E-state index in [2.05, 4.69) is 0 Å².